The number of azide groups is 1. The van der Waals surface area contributed by atoms with Crippen LogP contribution in [0.25, 0.3) is 10.4 Å². The fourth-order valence-corrected chi connectivity index (χ4v) is 1.15. The number of anilines is 1. The molecule has 1 aromatic carbocycles. The van der Waals surface area contributed by atoms with Gasteiger partial charge in [0.25, 0.3) is 0 Å². The van der Waals surface area contributed by atoms with Gasteiger partial charge < -0.3 is 10.5 Å². The van der Waals surface area contributed by atoms with Crippen LogP contribution in [0.2, 0.25) is 0 Å². The average molecular weight is 230 g/mol. The molecule has 0 radical (unpaired) electrons. The van der Waals surface area contributed by atoms with E-state index in [2.05, 4.69) is 26.6 Å². The summed E-state index contributed by atoms with van der Waals surface area (Å²) in [5.41, 5.74) is 14.9. The summed E-state index contributed by atoms with van der Waals surface area (Å²) in [5, 5.41) is 3.27. The molecule has 1 aromatic rings. The van der Waals surface area contributed by atoms with Gasteiger partial charge in [0, 0.05) is 16.2 Å². The summed E-state index contributed by atoms with van der Waals surface area (Å²) >= 11 is 0. The molecule has 0 saturated heterocycles. The molecule has 0 unspecified atom stereocenters. The summed E-state index contributed by atoms with van der Waals surface area (Å²) in [4.78, 5) is 14.0. The molecule has 0 atom stereocenters. The third-order valence-electron chi connectivity index (χ3n) is 1.89. The Kier molecular flexibility index (Phi) is 4.43. The normalized spacial score (nSPS) is 8.53. The number of carbonyl (C=O) groups excluding carboxylic acids is 1. The molecule has 6 heteroatoms. The largest absolute Gasteiger partial charge is 0.465 e. The number of ether oxygens (including phenoxy) is 1. The minimum absolute atomic E-state index is 0.0431. The van der Waals surface area contributed by atoms with Crippen molar-refractivity contribution in [2.75, 3.05) is 19.4 Å². The first kappa shape index (κ1) is 12.4. The number of hydrogen-bond acceptors (Lipinski definition) is 4. The van der Waals surface area contributed by atoms with Gasteiger partial charge >= 0.3 is 5.97 Å². The number of methoxy groups -OCH3 is 1. The van der Waals surface area contributed by atoms with Gasteiger partial charge in [-0.3, -0.25) is 0 Å². The van der Waals surface area contributed by atoms with Crippen molar-refractivity contribution >= 4 is 11.7 Å². The molecule has 0 saturated carbocycles. The molecule has 0 aliphatic carbocycles. The maximum Gasteiger partial charge on any atom is 0.339 e. The monoisotopic (exact) mass is 230 g/mol. The molecule has 0 spiro atoms. The van der Waals surface area contributed by atoms with E-state index >= 15 is 0 Å². The van der Waals surface area contributed by atoms with Crippen molar-refractivity contribution < 1.29 is 9.53 Å². The SMILES string of the molecule is COC(=O)c1cc(N)ccc1C#CCN=[N+]=[N-]. The molecular weight excluding hydrogens is 220 g/mol. The first-order valence-electron chi connectivity index (χ1n) is 4.66. The quantitative estimate of drug-likeness (QED) is 0.209. The maximum absolute atomic E-state index is 11.4. The van der Waals surface area contributed by atoms with E-state index in [1.165, 1.54) is 13.2 Å². The number of hydrogen-bond donors (Lipinski definition) is 1. The minimum Gasteiger partial charge on any atom is -0.465 e. The molecular formula is C11H10N4O2. The maximum atomic E-state index is 11.4. The van der Waals surface area contributed by atoms with Crippen molar-refractivity contribution in [2.24, 2.45) is 5.11 Å². The molecule has 2 N–H and O–H groups in total. The molecule has 17 heavy (non-hydrogen) atoms. The van der Waals surface area contributed by atoms with Gasteiger partial charge in [0.05, 0.1) is 19.2 Å². The van der Waals surface area contributed by atoms with Crippen LogP contribution in [0.5, 0.6) is 0 Å². The lowest BCUT2D eigenvalue weighted by Gasteiger charge is -2.03. The Morgan fingerprint density at radius 3 is 3.06 bits per heavy atom. The highest BCUT2D eigenvalue weighted by Crippen LogP contribution is 2.13. The van der Waals surface area contributed by atoms with Gasteiger partial charge in [-0.2, -0.15) is 0 Å². The Morgan fingerprint density at radius 2 is 2.41 bits per heavy atom. The molecule has 0 aliphatic rings. The van der Waals surface area contributed by atoms with E-state index in [4.69, 9.17) is 11.3 Å². The van der Waals surface area contributed by atoms with Crippen molar-refractivity contribution in [3.05, 3.63) is 39.8 Å². The lowest BCUT2D eigenvalue weighted by Crippen LogP contribution is -2.05. The van der Waals surface area contributed by atoms with Crippen LogP contribution in [-0.2, 0) is 4.74 Å². The van der Waals surface area contributed by atoms with Crippen molar-refractivity contribution in [3.63, 3.8) is 0 Å². The number of nitrogens with two attached hydrogens (primary N) is 1. The number of nitrogen functional groups attached to an aromatic ring is 1. The third-order valence-corrected chi connectivity index (χ3v) is 1.89. The summed E-state index contributed by atoms with van der Waals surface area (Å²) in [6, 6.07) is 4.73. The lowest BCUT2D eigenvalue weighted by molar-refractivity contribution is 0.0600. The van der Waals surface area contributed by atoms with Gasteiger partial charge in [-0.15, -0.1) is 0 Å². The average Bonchev–Trinajstić information content (AvgIpc) is 2.35. The van der Waals surface area contributed by atoms with Gasteiger partial charge in [-0.25, -0.2) is 4.79 Å². The summed E-state index contributed by atoms with van der Waals surface area (Å²) < 4.78 is 4.62. The van der Waals surface area contributed by atoms with Crippen molar-refractivity contribution in [1.29, 1.82) is 0 Å². The zero-order valence-electron chi connectivity index (χ0n) is 9.17. The van der Waals surface area contributed by atoms with E-state index < -0.39 is 5.97 Å². The highest BCUT2D eigenvalue weighted by molar-refractivity contribution is 5.93. The van der Waals surface area contributed by atoms with Crippen LogP contribution < -0.4 is 5.73 Å². The molecule has 1 rings (SSSR count). The molecule has 6 nitrogen and oxygen atoms in total. The van der Waals surface area contributed by atoms with Crippen LogP contribution in [0.4, 0.5) is 5.69 Å². The summed E-state index contributed by atoms with van der Waals surface area (Å²) in [5.74, 6) is 4.83. The van der Waals surface area contributed by atoms with E-state index in [9.17, 15) is 4.79 Å². The first-order chi connectivity index (χ1) is 8.19. The van der Waals surface area contributed by atoms with Gasteiger partial charge in [-0.1, -0.05) is 17.0 Å². The van der Waals surface area contributed by atoms with Crippen molar-refractivity contribution in [1.82, 2.24) is 0 Å². The lowest BCUT2D eigenvalue weighted by atomic mass is 10.1. The van der Waals surface area contributed by atoms with Gasteiger partial charge in [0.1, 0.15) is 0 Å². The standard InChI is InChI=1S/C11H10N4O2/c1-17-11(16)10-7-9(12)5-4-8(10)3-2-6-14-15-13/h4-5,7H,6,12H2,1H3. The van der Waals surface area contributed by atoms with E-state index in [0.717, 1.165) is 0 Å². The smallest absolute Gasteiger partial charge is 0.339 e. The van der Waals surface area contributed by atoms with Crippen LogP contribution in [-0.4, -0.2) is 19.6 Å². The number of rotatable bonds is 2. The van der Waals surface area contributed by atoms with E-state index in [1.807, 2.05) is 0 Å². The summed E-state index contributed by atoms with van der Waals surface area (Å²) in [6.45, 7) is 0.0431. The number of nitrogens with zero attached hydrogens (tertiary/aromatic N) is 3. The number of carbonyl (C=O) groups is 1. The van der Waals surface area contributed by atoms with E-state index in [-0.39, 0.29) is 6.54 Å². The second kappa shape index (κ2) is 6.05. The molecule has 0 fully saturated rings. The van der Waals surface area contributed by atoms with E-state index in [0.29, 0.717) is 16.8 Å². The summed E-state index contributed by atoms with van der Waals surface area (Å²) in [6.07, 6.45) is 0. The predicted octanol–water partition coefficient (Wildman–Crippen LogP) is 1.72. The molecule has 0 heterocycles. The van der Waals surface area contributed by atoms with Crippen molar-refractivity contribution in [2.45, 2.75) is 0 Å². The summed E-state index contributed by atoms with van der Waals surface area (Å²) in [7, 11) is 1.28. The molecule has 0 bridgehead atoms. The Hall–Kier alpha value is -2.64. The van der Waals surface area contributed by atoms with Gasteiger partial charge in [0.2, 0.25) is 0 Å². The Morgan fingerprint density at radius 1 is 1.65 bits per heavy atom. The Bertz CT molecular complexity index is 536. The zero-order chi connectivity index (χ0) is 12.7. The molecule has 0 amide bonds. The second-order valence-electron chi connectivity index (χ2n) is 2.99. The third kappa shape index (κ3) is 3.45. The predicted molar refractivity (Wildman–Crippen MR) is 63.1 cm³/mol. The van der Waals surface area contributed by atoms with Crippen LogP contribution in [0, 0.1) is 11.8 Å². The minimum atomic E-state index is -0.509. The number of esters is 1. The van der Waals surface area contributed by atoms with Crippen LogP contribution in [0.1, 0.15) is 15.9 Å². The second-order valence-corrected chi connectivity index (χ2v) is 2.99. The van der Waals surface area contributed by atoms with Crippen LogP contribution >= 0.6 is 0 Å². The Balaban J connectivity index is 3.08. The van der Waals surface area contributed by atoms with Gasteiger partial charge in [-0.05, 0) is 23.7 Å². The highest BCUT2D eigenvalue weighted by Gasteiger charge is 2.10. The molecule has 0 aliphatic heterocycles. The van der Waals surface area contributed by atoms with Crippen molar-refractivity contribution in [3.8, 4) is 11.8 Å². The number of benzene rings is 1. The fraction of sp³-hybridized carbons (Fsp3) is 0.182. The topological polar surface area (TPSA) is 101 Å². The zero-order valence-corrected chi connectivity index (χ0v) is 9.17. The highest BCUT2D eigenvalue weighted by atomic mass is 16.5. The van der Waals surface area contributed by atoms with Crippen LogP contribution in [0.15, 0.2) is 23.3 Å². The van der Waals surface area contributed by atoms with Gasteiger partial charge in [0.15, 0.2) is 0 Å². The van der Waals surface area contributed by atoms with Crippen LogP contribution in [0.3, 0.4) is 0 Å². The molecule has 86 valence electrons. The Labute approximate surface area is 98.0 Å². The molecule has 0 aromatic heterocycles. The van der Waals surface area contributed by atoms with E-state index in [1.54, 1.807) is 12.1 Å². The first-order valence-corrected chi connectivity index (χ1v) is 4.66. The fourth-order valence-electron chi connectivity index (χ4n) is 1.15.